The van der Waals surface area contributed by atoms with Gasteiger partial charge in [-0.05, 0) is 55.3 Å². The summed E-state index contributed by atoms with van der Waals surface area (Å²) in [4.78, 5) is 22.5. The highest BCUT2D eigenvalue weighted by Gasteiger charge is 2.31. The van der Waals surface area contributed by atoms with E-state index in [0.29, 0.717) is 48.9 Å². The molecule has 198 valence electrons. The maximum Gasteiger partial charge on any atom is 0.573 e. The highest BCUT2D eigenvalue weighted by atomic mass is 19.4. The SMILES string of the molecule is Cc1cc(-c2nc(-c3ccc(OC(F)(F)F)cc3)co2)nn1Cc1ccc(NCCN2CCCC2=O)nc1. The normalized spacial score (nSPS) is 13.8. The molecule has 1 amide bonds. The first-order valence-electron chi connectivity index (χ1n) is 12.1. The predicted molar refractivity (Wildman–Crippen MR) is 132 cm³/mol. The Morgan fingerprint density at radius 1 is 1.13 bits per heavy atom. The second kappa shape index (κ2) is 10.6. The molecule has 1 N–H and O–H groups in total. The van der Waals surface area contributed by atoms with Crippen LogP contribution in [0.5, 0.6) is 5.75 Å². The first kappa shape index (κ1) is 25.3. The van der Waals surface area contributed by atoms with Crippen molar-refractivity contribution >= 4 is 11.7 Å². The van der Waals surface area contributed by atoms with E-state index in [0.717, 1.165) is 30.0 Å². The number of carbonyl (C=O) groups excluding carboxylic acids is 1. The summed E-state index contributed by atoms with van der Waals surface area (Å²) in [7, 11) is 0. The zero-order valence-corrected chi connectivity index (χ0v) is 20.5. The molecule has 4 heterocycles. The topological polar surface area (TPSA) is 98.3 Å². The van der Waals surface area contributed by atoms with Crippen molar-refractivity contribution in [2.45, 2.75) is 32.7 Å². The van der Waals surface area contributed by atoms with Gasteiger partial charge in [0.1, 0.15) is 29.2 Å². The fourth-order valence-corrected chi connectivity index (χ4v) is 4.18. The number of hydrogen-bond donors (Lipinski definition) is 1. The second-order valence-corrected chi connectivity index (χ2v) is 8.90. The van der Waals surface area contributed by atoms with Crippen LogP contribution in [0.2, 0.25) is 0 Å². The molecule has 0 radical (unpaired) electrons. The van der Waals surface area contributed by atoms with Gasteiger partial charge in [0, 0.05) is 43.5 Å². The Kier molecular flexibility index (Phi) is 7.03. The van der Waals surface area contributed by atoms with Gasteiger partial charge in [-0.25, -0.2) is 9.97 Å². The number of carbonyl (C=O) groups is 1. The molecule has 0 spiro atoms. The number of oxazole rings is 1. The van der Waals surface area contributed by atoms with Gasteiger partial charge in [-0.1, -0.05) is 6.07 Å². The fraction of sp³-hybridized carbons (Fsp3) is 0.308. The Hall–Kier alpha value is -4.35. The number of hydrogen-bond acceptors (Lipinski definition) is 7. The number of benzene rings is 1. The van der Waals surface area contributed by atoms with Crippen LogP contribution in [0, 0.1) is 6.92 Å². The summed E-state index contributed by atoms with van der Waals surface area (Å²) in [6.07, 6.45) is 0.0220. The molecule has 3 aromatic heterocycles. The van der Waals surface area contributed by atoms with E-state index in [1.165, 1.54) is 30.5 Å². The average molecular weight is 527 g/mol. The lowest BCUT2D eigenvalue weighted by Crippen LogP contribution is -2.30. The third-order valence-electron chi connectivity index (χ3n) is 6.10. The first-order chi connectivity index (χ1) is 18.2. The second-order valence-electron chi connectivity index (χ2n) is 8.90. The van der Waals surface area contributed by atoms with Crippen molar-refractivity contribution < 1.29 is 27.1 Å². The standard InChI is InChI=1S/C26H25F3N6O3/c1-17-13-21(25-32-22(16-37-25)19-5-7-20(8-6-19)38-26(27,28)29)33-35(17)15-18-4-9-23(31-14-18)30-10-12-34-11-2-3-24(34)36/h4-9,13-14,16H,2-3,10-12,15H2,1H3,(H,30,31). The minimum absolute atomic E-state index is 0.207. The summed E-state index contributed by atoms with van der Waals surface area (Å²) in [5.41, 5.74) is 3.43. The van der Waals surface area contributed by atoms with Gasteiger partial charge in [0.25, 0.3) is 0 Å². The Balaban J connectivity index is 1.19. The highest BCUT2D eigenvalue weighted by molar-refractivity contribution is 5.78. The van der Waals surface area contributed by atoms with Crippen molar-refractivity contribution in [3.8, 4) is 28.6 Å². The molecule has 0 atom stereocenters. The van der Waals surface area contributed by atoms with Crippen LogP contribution < -0.4 is 10.1 Å². The summed E-state index contributed by atoms with van der Waals surface area (Å²) < 4.78 is 48.4. The number of pyridine rings is 1. The van der Waals surface area contributed by atoms with E-state index < -0.39 is 6.36 Å². The smallest absolute Gasteiger partial charge is 0.443 e. The lowest BCUT2D eigenvalue weighted by molar-refractivity contribution is -0.274. The van der Waals surface area contributed by atoms with Crippen molar-refractivity contribution in [2.24, 2.45) is 0 Å². The highest BCUT2D eigenvalue weighted by Crippen LogP contribution is 2.28. The largest absolute Gasteiger partial charge is 0.573 e. The number of nitrogens with one attached hydrogen (secondary N) is 1. The molecule has 0 saturated carbocycles. The molecule has 38 heavy (non-hydrogen) atoms. The van der Waals surface area contributed by atoms with Crippen LogP contribution in [0.3, 0.4) is 0 Å². The number of amides is 1. The van der Waals surface area contributed by atoms with Crippen molar-refractivity contribution in [1.82, 2.24) is 24.6 Å². The summed E-state index contributed by atoms with van der Waals surface area (Å²) in [6.45, 7) is 4.54. The van der Waals surface area contributed by atoms with Crippen LogP contribution in [-0.4, -0.2) is 56.6 Å². The van der Waals surface area contributed by atoms with Gasteiger partial charge in [-0.15, -0.1) is 13.2 Å². The van der Waals surface area contributed by atoms with Crippen LogP contribution in [0.25, 0.3) is 22.8 Å². The molecule has 1 aromatic carbocycles. The van der Waals surface area contributed by atoms with Crippen LogP contribution in [0.1, 0.15) is 24.1 Å². The van der Waals surface area contributed by atoms with Gasteiger partial charge in [0.2, 0.25) is 11.8 Å². The van der Waals surface area contributed by atoms with E-state index in [1.807, 2.05) is 34.7 Å². The van der Waals surface area contributed by atoms with Crippen molar-refractivity contribution in [2.75, 3.05) is 25.0 Å². The fourth-order valence-electron chi connectivity index (χ4n) is 4.18. The van der Waals surface area contributed by atoms with Crippen LogP contribution in [0.4, 0.5) is 19.0 Å². The number of nitrogens with zero attached hydrogens (tertiary/aromatic N) is 5. The zero-order chi connectivity index (χ0) is 26.7. The Morgan fingerprint density at radius 2 is 1.95 bits per heavy atom. The number of halogens is 3. The summed E-state index contributed by atoms with van der Waals surface area (Å²) in [5.74, 6) is 0.935. The predicted octanol–water partition coefficient (Wildman–Crippen LogP) is 4.89. The van der Waals surface area contributed by atoms with Gasteiger partial charge in [-0.2, -0.15) is 5.10 Å². The average Bonchev–Trinajstić information content (AvgIpc) is 3.61. The van der Waals surface area contributed by atoms with Crippen molar-refractivity contribution in [3.63, 3.8) is 0 Å². The van der Waals surface area contributed by atoms with Crippen molar-refractivity contribution in [3.05, 3.63) is 66.2 Å². The molecular formula is C26H25F3N6O3. The molecule has 0 aliphatic carbocycles. The minimum atomic E-state index is -4.75. The van der Waals surface area contributed by atoms with Gasteiger partial charge < -0.3 is 19.4 Å². The van der Waals surface area contributed by atoms with Crippen LogP contribution >= 0.6 is 0 Å². The lowest BCUT2D eigenvalue weighted by Gasteiger charge is -2.15. The van der Waals surface area contributed by atoms with Crippen LogP contribution in [-0.2, 0) is 11.3 Å². The van der Waals surface area contributed by atoms with E-state index in [9.17, 15) is 18.0 Å². The minimum Gasteiger partial charge on any atom is -0.443 e. The number of anilines is 1. The summed E-state index contributed by atoms with van der Waals surface area (Å²) >= 11 is 0. The van der Waals surface area contributed by atoms with E-state index in [2.05, 4.69) is 25.1 Å². The summed E-state index contributed by atoms with van der Waals surface area (Å²) in [5, 5.41) is 7.84. The molecule has 1 saturated heterocycles. The molecule has 5 rings (SSSR count). The van der Waals surface area contributed by atoms with Gasteiger partial charge in [0.15, 0.2) is 0 Å². The monoisotopic (exact) mass is 526 g/mol. The number of rotatable bonds is 9. The number of alkyl halides is 3. The molecule has 0 bridgehead atoms. The molecule has 12 heteroatoms. The number of likely N-dealkylation sites (tertiary alicyclic amines) is 1. The number of ether oxygens (including phenoxy) is 1. The van der Waals surface area contributed by atoms with Crippen molar-refractivity contribution in [1.29, 1.82) is 0 Å². The third kappa shape index (κ3) is 6.13. The number of aryl methyl sites for hydroxylation is 1. The quantitative estimate of drug-likeness (QED) is 0.332. The molecule has 4 aromatic rings. The van der Waals surface area contributed by atoms with E-state index in [1.54, 1.807) is 6.20 Å². The third-order valence-corrected chi connectivity index (χ3v) is 6.10. The van der Waals surface area contributed by atoms with Gasteiger partial charge in [-0.3, -0.25) is 9.48 Å². The molecule has 0 unspecified atom stereocenters. The molecular weight excluding hydrogens is 501 g/mol. The maximum absolute atomic E-state index is 12.4. The Morgan fingerprint density at radius 3 is 2.63 bits per heavy atom. The van der Waals surface area contributed by atoms with E-state index in [-0.39, 0.29) is 11.7 Å². The lowest BCUT2D eigenvalue weighted by atomic mass is 10.2. The number of aromatic nitrogens is 4. The molecule has 1 aliphatic rings. The first-order valence-corrected chi connectivity index (χ1v) is 12.1. The van der Waals surface area contributed by atoms with E-state index in [4.69, 9.17) is 4.42 Å². The van der Waals surface area contributed by atoms with Gasteiger partial charge >= 0.3 is 6.36 Å². The maximum atomic E-state index is 12.4. The molecule has 1 aliphatic heterocycles. The van der Waals surface area contributed by atoms with Crippen LogP contribution in [0.15, 0.2) is 59.3 Å². The van der Waals surface area contributed by atoms with Gasteiger partial charge in [0.05, 0.1) is 6.54 Å². The van der Waals surface area contributed by atoms with E-state index >= 15 is 0 Å². The molecule has 1 fully saturated rings. The Bertz CT molecular complexity index is 1400. The zero-order valence-electron chi connectivity index (χ0n) is 20.5. The molecule has 9 nitrogen and oxygen atoms in total. The Labute approximate surface area is 216 Å². The summed E-state index contributed by atoms with van der Waals surface area (Å²) in [6, 6.07) is 11.1.